The third-order valence-electron chi connectivity index (χ3n) is 2.58. The smallest absolute Gasteiger partial charge is 0.119 e. The van der Waals surface area contributed by atoms with Crippen LogP contribution in [-0.4, -0.2) is 57.1 Å². The van der Waals surface area contributed by atoms with Crippen molar-refractivity contribution >= 4 is 0 Å². The van der Waals surface area contributed by atoms with Crippen LogP contribution < -0.4 is 4.74 Å². The van der Waals surface area contributed by atoms with Crippen molar-refractivity contribution in [2.24, 2.45) is 0 Å². The summed E-state index contributed by atoms with van der Waals surface area (Å²) in [5, 5.41) is 8.60. The third-order valence-corrected chi connectivity index (χ3v) is 2.58. The Labute approximate surface area is 114 Å². The van der Waals surface area contributed by atoms with Gasteiger partial charge in [-0.05, 0) is 31.3 Å². The first-order chi connectivity index (χ1) is 9.26. The Morgan fingerprint density at radius 3 is 2.47 bits per heavy atom. The minimum Gasteiger partial charge on any atom is -0.492 e. The van der Waals surface area contributed by atoms with E-state index >= 15 is 0 Å². The summed E-state index contributed by atoms with van der Waals surface area (Å²) in [6, 6.07) is 7.53. The molecule has 104 valence electrons. The molecule has 0 spiro atoms. The minimum atomic E-state index is -0.119. The van der Waals surface area contributed by atoms with Crippen LogP contribution in [0.3, 0.4) is 0 Å². The SMILES string of the molecule is COCCN(C)CCOc1ccc(C#CCO)cc1. The summed E-state index contributed by atoms with van der Waals surface area (Å²) in [6.07, 6.45) is 0. The molecule has 4 heteroatoms. The molecule has 0 saturated heterocycles. The fourth-order valence-corrected chi connectivity index (χ4v) is 1.45. The molecule has 0 saturated carbocycles. The normalized spacial score (nSPS) is 10.1. The Kier molecular flexibility index (Phi) is 7.68. The monoisotopic (exact) mass is 263 g/mol. The van der Waals surface area contributed by atoms with E-state index in [1.54, 1.807) is 7.11 Å². The number of aliphatic hydroxyl groups is 1. The second-order valence-electron chi connectivity index (χ2n) is 4.13. The molecule has 0 aliphatic carbocycles. The van der Waals surface area contributed by atoms with Crippen LogP contribution in [0, 0.1) is 11.8 Å². The number of likely N-dealkylation sites (N-methyl/N-ethyl adjacent to an activating group) is 1. The topological polar surface area (TPSA) is 41.9 Å². The second-order valence-corrected chi connectivity index (χ2v) is 4.13. The molecule has 0 heterocycles. The molecule has 4 nitrogen and oxygen atoms in total. The van der Waals surface area contributed by atoms with Gasteiger partial charge in [0.2, 0.25) is 0 Å². The molecule has 0 fully saturated rings. The highest BCUT2D eigenvalue weighted by Gasteiger charge is 1.98. The van der Waals surface area contributed by atoms with Gasteiger partial charge in [0.1, 0.15) is 19.0 Å². The molecule has 0 unspecified atom stereocenters. The second kappa shape index (κ2) is 9.40. The Bertz CT molecular complexity index is 406. The molecule has 0 radical (unpaired) electrons. The number of aliphatic hydroxyl groups excluding tert-OH is 1. The van der Waals surface area contributed by atoms with Crippen molar-refractivity contribution in [1.29, 1.82) is 0 Å². The highest BCUT2D eigenvalue weighted by atomic mass is 16.5. The van der Waals surface area contributed by atoms with E-state index in [0.29, 0.717) is 6.61 Å². The van der Waals surface area contributed by atoms with Crippen LogP contribution in [0.2, 0.25) is 0 Å². The van der Waals surface area contributed by atoms with E-state index in [1.807, 2.05) is 31.3 Å². The molecule has 1 aromatic carbocycles. The van der Waals surface area contributed by atoms with Gasteiger partial charge >= 0.3 is 0 Å². The van der Waals surface area contributed by atoms with Gasteiger partial charge in [-0.3, -0.25) is 0 Å². The fraction of sp³-hybridized carbons (Fsp3) is 0.467. The van der Waals surface area contributed by atoms with E-state index < -0.39 is 0 Å². The Morgan fingerprint density at radius 1 is 1.16 bits per heavy atom. The first kappa shape index (κ1) is 15.5. The zero-order valence-corrected chi connectivity index (χ0v) is 11.6. The Morgan fingerprint density at radius 2 is 1.84 bits per heavy atom. The molecular formula is C15H21NO3. The van der Waals surface area contributed by atoms with Crippen LogP contribution in [0.1, 0.15) is 5.56 Å². The Balaban J connectivity index is 2.30. The number of ether oxygens (including phenoxy) is 2. The molecule has 0 aliphatic heterocycles. The number of methoxy groups -OCH3 is 1. The van der Waals surface area contributed by atoms with Crippen molar-refractivity contribution in [3.63, 3.8) is 0 Å². The highest BCUT2D eigenvalue weighted by molar-refractivity contribution is 5.38. The third kappa shape index (κ3) is 6.82. The zero-order chi connectivity index (χ0) is 13.9. The van der Waals surface area contributed by atoms with E-state index in [4.69, 9.17) is 14.6 Å². The van der Waals surface area contributed by atoms with Gasteiger partial charge in [0.05, 0.1) is 6.61 Å². The lowest BCUT2D eigenvalue weighted by molar-refractivity contribution is 0.150. The lowest BCUT2D eigenvalue weighted by Crippen LogP contribution is -2.27. The number of nitrogens with zero attached hydrogens (tertiary/aromatic N) is 1. The highest BCUT2D eigenvalue weighted by Crippen LogP contribution is 2.11. The molecule has 0 aliphatic rings. The summed E-state index contributed by atoms with van der Waals surface area (Å²) in [4.78, 5) is 2.16. The maximum absolute atomic E-state index is 8.60. The van der Waals surface area contributed by atoms with E-state index in [1.165, 1.54) is 0 Å². The van der Waals surface area contributed by atoms with Crippen LogP contribution >= 0.6 is 0 Å². The summed E-state index contributed by atoms with van der Waals surface area (Å²) in [7, 11) is 3.74. The van der Waals surface area contributed by atoms with Crippen molar-refractivity contribution in [2.45, 2.75) is 0 Å². The van der Waals surface area contributed by atoms with E-state index in [2.05, 4.69) is 16.7 Å². The van der Waals surface area contributed by atoms with Crippen molar-refractivity contribution < 1.29 is 14.6 Å². The number of hydrogen-bond donors (Lipinski definition) is 1. The molecule has 1 rings (SSSR count). The average Bonchev–Trinajstić information content (AvgIpc) is 2.44. The molecular weight excluding hydrogens is 242 g/mol. The molecule has 1 N–H and O–H groups in total. The summed E-state index contributed by atoms with van der Waals surface area (Å²) in [5.74, 6) is 6.28. The minimum absolute atomic E-state index is 0.119. The lowest BCUT2D eigenvalue weighted by atomic mass is 10.2. The Hall–Kier alpha value is -1.54. The van der Waals surface area contributed by atoms with Crippen molar-refractivity contribution in [2.75, 3.05) is 47.1 Å². The predicted molar refractivity (Wildman–Crippen MR) is 75.3 cm³/mol. The van der Waals surface area contributed by atoms with Crippen LogP contribution in [0.4, 0.5) is 0 Å². The first-order valence-electron chi connectivity index (χ1n) is 6.26. The summed E-state index contributed by atoms with van der Waals surface area (Å²) >= 11 is 0. The van der Waals surface area contributed by atoms with E-state index in [-0.39, 0.29) is 6.61 Å². The van der Waals surface area contributed by atoms with Crippen molar-refractivity contribution in [3.05, 3.63) is 29.8 Å². The first-order valence-corrected chi connectivity index (χ1v) is 6.26. The fourth-order valence-electron chi connectivity index (χ4n) is 1.45. The van der Waals surface area contributed by atoms with Crippen LogP contribution in [0.5, 0.6) is 5.75 Å². The van der Waals surface area contributed by atoms with Gasteiger partial charge in [-0.15, -0.1) is 0 Å². The molecule has 19 heavy (non-hydrogen) atoms. The molecule has 1 aromatic rings. The lowest BCUT2D eigenvalue weighted by Gasteiger charge is -2.16. The standard InChI is InChI=1S/C15H21NO3/c1-16(9-12-18-2)10-13-19-15-7-5-14(6-8-15)4-3-11-17/h5-8,17H,9-13H2,1-2H3. The maximum Gasteiger partial charge on any atom is 0.119 e. The quantitative estimate of drug-likeness (QED) is 0.745. The van der Waals surface area contributed by atoms with E-state index in [0.717, 1.165) is 31.0 Å². The largest absolute Gasteiger partial charge is 0.492 e. The molecule has 0 aromatic heterocycles. The number of benzene rings is 1. The van der Waals surface area contributed by atoms with Crippen LogP contribution in [0.25, 0.3) is 0 Å². The number of rotatable bonds is 7. The van der Waals surface area contributed by atoms with E-state index in [9.17, 15) is 0 Å². The molecule has 0 bridgehead atoms. The predicted octanol–water partition coefficient (Wildman–Crippen LogP) is 0.987. The number of hydrogen-bond acceptors (Lipinski definition) is 4. The zero-order valence-electron chi connectivity index (χ0n) is 11.6. The van der Waals surface area contributed by atoms with Crippen molar-refractivity contribution in [3.8, 4) is 17.6 Å². The average molecular weight is 263 g/mol. The van der Waals surface area contributed by atoms with Gasteiger partial charge in [0.15, 0.2) is 0 Å². The molecule has 0 atom stereocenters. The maximum atomic E-state index is 8.60. The summed E-state index contributed by atoms with van der Waals surface area (Å²) in [5.41, 5.74) is 0.874. The van der Waals surface area contributed by atoms with Gasteiger partial charge in [0.25, 0.3) is 0 Å². The summed E-state index contributed by atoms with van der Waals surface area (Å²) < 4.78 is 10.6. The summed E-state index contributed by atoms with van der Waals surface area (Å²) in [6.45, 7) is 3.01. The molecule has 0 amide bonds. The van der Waals surface area contributed by atoms with Gasteiger partial charge in [-0.2, -0.15) is 0 Å². The van der Waals surface area contributed by atoms with Gasteiger partial charge < -0.3 is 19.5 Å². The van der Waals surface area contributed by atoms with Crippen LogP contribution in [0.15, 0.2) is 24.3 Å². The van der Waals surface area contributed by atoms with Crippen LogP contribution in [-0.2, 0) is 4.74 Å². The van der Waals surface area contributed by atoms with Gasteiger partial charge in [-0.1, -0.05) is 11.8 Å². The van der Waals surface area contributed by atoms with Gasteiger partial charge in [-0.25, -0.2) is 0 Å². The van der Waals surface area contributed by atoms with Crippen molar-refractivity contribution in [1.82, 2.24) is 4.90 Å². The van der Waals surface area contributed by atoms with Gasteiger partial charge in [0, 0.05) is 25.8 Å².